The van der Waals surface area contributed by atoms with Crippen LogP contribution in [-0.4, -0.2) is 81.7 Å². The van der Waals surface area contributed by atoms with Gasteiger partial charge in [-0.15, -0.1) is 0 Å². The Bertz CT molecular complexity index is 1720. The van der Waals surface area contributed by atoms with Gasteiger partial charge in [-0.2, -0.15) is 0 Å². The van der Waals surface area contributed by atoms with Crippen LogP contribution < -0.4 is 10.6 Å². The number of carbonyl (C=O) groups excluding carboxylic acids is 2. The molecule has 0 aliphatic carbocycles. The van der Waals surface area contributed by atoms with Crippen molar-refractivity contribution in [1.82, 2.24) is 20.6 Å². The summed E-state index contributed by atoms with van der Waals surface area (Å²) in [6.07, 6.45) is 7.58. The van der Waals surface area contributed by atoms with E-state index in [-0.39, 0.29) is 78.1 Å². The summed E-state index contributed by atoms with van der Waals surface area (Å²) in [5, 5.41) is 24.6. The van der Waals surface area contributed by atoms with E-state index in [9.17, 15) is 29.4 Å². The number of hydrogen-bond acceptors (Lipinski definition) is 4. The van der Waals surface area contributed by atoms with Crippen molar-refractivity contribution in [3.05, 3.63) is 104 Å². The van der Waals surface area contributed by atoms with Crippen LogP contribution in [0.3, 0.4) is 0 Å². The standard InChI is InChI=1S/C33H36N4O6.Ca.2H/c1-7-20-19(6)32(42)37-27(20)14-25-18(5)23(10-12-31(40)41)29(35-25)15-28-22(9-11-30(38)39)17(4)24(34-28)13-26-16(3)21(8-2)33(43)36-26;;;/h7-8,13-14,34-35H,1-2,9-12,15H2,3-6H3,(H,36,43)(H,37,42)(H,38,39)(H,40,41);;;/q;+2;2*-1/b26-13-,27-14-;;;. The van der Waals surface area contributed by atoms with Crippen LogP contribution in [0.2, 0.25) is 0 Å². The zero-order valence-electron chi connectivity index (χ0n) is 27.5. The zero-order chi connectivity index (χ0) is 31.6. The van der Waals surface area contributed by atoms with E-state index < -0.39 is 11.9 Å². The average molecular weight is 627 g/mol. The van der Waals surface area contributed by atoms with Gasteiger partial charge in [0.25, 0.3) is 11.8 Å². The number of H-pyrrole nitrogens is 2. The Balaban J connectivity index is 0.00000353. The summed E-state index contributed by atoms with van der Waals surface area (Å²) in [5.74, 6) is -2.28. The zero-order valence-corrected chi connectivity index (χ0v) is 27.7. The van der Waals surface area contributed by atoms with Crippen molar-refractivity contribution >= 4 is 73.6 Å². The van der Waals surface area contributed by atoms with Gasteiger partial charge in [0.15, 0.2) is 0 Å². The predicted octanol–water partition coefficient (Wildman–Crippen LogP) is 4.38. The molecule has 11 heteroatoms. The second-order valence-corrected chi connectivity index (χ2v) is 10.7. The molecule has 228 valence electrons. The van der Waals surface area contributed by atoms with Gasteiger partial charge in [-0.3, -0.25) is 19.2 Å². The Kier molecular flexibility index (Phi) is 11.2. The first-order chi connectivity index (χ1) is 20.4. The topological polar surface area (TPSA) is 164 Å². The molecule has 0 saturated carbocycles. The first-order valence-corrected chi connectivity index (χ1v) is 13.9. The summed E-state index contributed by atoms with van der Waals surface area (Å²) >= 11 is 0. The van der Waals surface area contributed by atoms with E-state index in [4.69, 9.17) is 0 Å². The van der Waals surface area contributed by atoms with Crippen LogP contribution in [0.5, 0.6) is 0 Å². The minimum absolute atomic E-state index is 0. The smallest absolute Gasteiger partial charge is 1.00 e. The molecule has 0 saturated heterocycles. The number of aromatic nitrogens is 2. The molecule has 0 spiro atoms. The van der Waals surface area contributed by atoms with Crippen molar-refractivity contribution in [2.75, 3.05) is 0 Å². The summed E-state index contributed by atoms with van der Waals surface area (Å²) < 4.78 is 0. The van der Waals surface area contributed by atoms with E-state index in [0.717, 1.165) is 50.6 Å². The van der Waals surface area contributed by atoms with Crippen LogP contribution in [0.1, 0.15) is 74.6 Å². The minimum Gasteiger partial charge on any atom is -1.00 e. The van der Waals surface area contributed by atoms with Gasteiger partial charge in [-0.25, -0.2) is 0 Å². The van der Waals surface area contributed by atoms with Crippen molar-refractivity contribution in [3.8, 4) is 0 Å². The molecular formula is C33H38CaN4O6. The molecule has 0 fully saturated rings. The molecule has 2 amide bonds. The maximum atomic E-state index is 12.3. The van der Waals surface area contributed by atoms with Crippen LogP contribution in [0, 0.1) is 13.8 Å². The Morgan fingerprint density at radius 2 is 1.18 bits per heavy atom. The first kappa shape index (κ1) is 34.6. The van der Waals surface area contributed by atoms with Crippen molar-refractivity contribution < 1.29 is 32.2 Å². The third-order valence-electron chi connectivity index (χ3n) is 8.11. The van der Waals surface area contributed by atoms with Gasteiger partial charge >= 0.3 is 49.7 Å². The Morgan fingerprint density at radius 1 is 0.727 bits per heavy atom. The molecule has 10 nitrogen and oxygen atoms in total. The number of carboxylic acid groups (broad SMARTS) is 2. The average Bonchev–Trinajstić information content (AvgIpc) is 3.59. The van der Waals surface area contributed by atoms with Crippen molar-refractivity contribution in [1.29, 1.82) is 0 Å². The second kappa shape index (κ2) is 14.3. The number of aliphatic carboxylic acids is 2. The van der Waals surface area contributed by atoms with E-state index in [1.165, 1.54) is 6.08 Å². The van der Waals surface area contributed by atoms with E-state index in [0.29, 0.717) is 34.5 Å². The molecule has 4 rings (SSSR count). The number of allylic oxidation sites excluding steroid dienone is 2. The molecule has 0 aromatic carbocycles. The summed E-state index contributed by atoms with van der Waals surface area (Å²) in [6, 6.07) is 0. The fourth-order valence-corrected chi connectivity index (χ4v) is 5.61. The van der Waals surface area contributed by atoms with Crippen LogP contribution in [0.4, 0.5) is 0 Å². The molecule has 0 radical (unpaired) electrons. The first-order valence-electron chi connectivity index (χ1n) is 13.9. The van der Waals surface area contributed by atoms with Gasteiger partial charge < -0.3 is 33.7 Å². The molecule has 0 atom stereocenters. The van der Waals surface area contributed by atoms with E-state index >= 15 is 0 Å². The fraction of sp³-hybridized carbons (Fsp3) is 0.273. The Hall–Kier alpha value is -3.86. The van der Waals surface area contributed by atoms with E-state index in [2.05, 4.69) is 33.8 Å². The van der Waals surface area contributed by atoms with Crippen LogP contribution in [-0.2, 0) is 38.4 Å². The molecule has 2 aliphatic rings. The predicted molar refractivity (Wildman–Crippen MR) is 172 cm³/mol. The summed E-state index contributed by atoms with van der Waals surface area (Å²) in [7, 11) is 0. The maximum absolute atomic E-state index is 12.3. The van der Waals surface area contributed by atoms with Crippen LogP contribution >= 0.6 is 0 Å². The monoisotopic (exact) mass is 626 g/mol. The number of carboxylic acids is 2. The maximum Gasteiger partial charge on any atom is 2.00 e. The number of hydrogen-bond donors (Lipinski definition) is 6. The Morgan fingerprint density at radius 3 is 1.61 bits per heavy atom. The molecular weight excluding hydrogens is 588 g/mol. The third-order valence-corrected chi connectivity index (χ3v) is 8.11. The summed E-state index contributed by atoms with van der Waals surface area (Å²) in [4.78, 5) is 54.5. The molecule has 4 heterocycles. The van der Waals surface area contributed by atoms with Crippen molar-refractivity contribution in [2.45, 2.75) is 59.8 Å². The molecule has 2 aromatic heterocycles. The van der Waals surface area contributed by atoms with Gasteiger partial charge in [-0.1, -0.05) is 25.3 Å². The molecule has 0 unspecified atom stereocenters. The number of carbonyl (C=O) groups is 4. The normalized spacial score (nSPS) is 16.5. The van der Waals surface area contributed by atoms with Crippen LogP contribution in [0.15, 0.2) is 59.0 Å². The van der Waals surface area contributed by atoms with Crippen molar-refractivity contribution in [3.63, 3.8) is 0 Å². The second-order valence-electron chi connectivity index (χ2n) is 10.7. The largest absolute Gasteiger partial charge is 2.00 e. The van der Waals surface area contributed by atoms with Gasteiger partial charge in [0, 0.05) is 64.5 Å². The number of amides is 2. The Labute approximate surface area is 288 Å². The minimum atomic E-state index is -0.922. The fourth-order valence-electron chi connectivity index (χ4n) is 5.61. The van der Waals surface area contributed by atoms with E-state index in [1.54, 1.807) is 13.0 Å². The summed E-state index contributed by atoms with van der Waals surface area (Å²) in [5.41, 5.74) is 10.2. The van der Waals surface area contributed by atoms with E-state index in [1.807, 2.05) is 32.9 Å². The molecule has 6 N–H and O–H groups in total. The quantitative estimate of drug-likeness (QED) is 0.192. The third kappa shape index (κ3) is 7.09. The molecule has 44 heavy (non-hydrogen) atoms. The van der Waals surface area contributed by atoms with Crippen LogP contribution in [0.25, 0.3) is 12.2 Å². The molecule has 2 aliphatic heterocycles. The van der Waals surface area contributed by atoms with Gasteiger partial charge in [-0.05, 0) is 80.5 Å². The van der Waals surface area contributed by atoms with Gasteiger partial charge in [0.1, 0.15) is 0 Å². The van der Waals surface area contributed by atoms with Gasteiger partial charge in [0.05, 0.1) is 5.70 Å². The number of aromatic amines is 2. The van der Waals surface area contributed by atoms with Crippen molar-refractivity contribution in [2.24, 2.45) is 0 Å². The number of rotatable bonds is 12. The number of nitrogens with one attached hydrogen (secondary N) is 4. The summed E-state index contributed by atoms with van der Waals surface area (Å²) in [6.45, 7) is 14.9. The molecule has 0 bridgehead atoms. The molecule has 2 aromatic rings. The SMILES string of the molecule is C=CC1=C(C)/C(=C/c2[nH]c(Cc3[nH]c(/C=C4\NC(=O)C(C)=C4C=C)c(C)c3CCC(=O)O)c(CCC(=O)O)c2C)NC1=O.[Ca+2].[H-].[H-]. The van der Waals surface area contributed by atoms with Gasteiger partial charge in [0.2, 0.25) is 0 Å².